The molecule has 0 bridgehead atoms. The molecule has 54 heavy (non-hydrogen) atoms. The summed E-state index contributed by atoms with van der Waals surface area (Å²) in [6.45, 7) is 10.5. The number of nitrogens with zero attached hydrogens (tertiary/aromatic N) is 1. The molecule has 0 saturated heterocycles. The van der Waals surface area contributed by atoms with Crippen molar-refractivity contribution in [1.82, 2.24) is 14.9 Å². The van der Waals surface area contributed by atoms with Crippen LogP contribution in [-0.4, -0.2) is 53.4 Å². The van der Waals surface area contributed by atoms with Crippen LogP contribution in [0.1, 0.15) is 63.6 Å². The number of alkyl halides is 3. The maximum atomic E-state index is 14.7. The molecule has 1 unspecified atom stereocenters. The van der Waals surface area contributed by atoms with E-state index in [1.165, 1.54) is 30.0 Å². The molecule has 0 aromatic heterocycles. The van der Waals surface area contributed by atoms with Crippen molar-refractivity contribution in [3.63, 3.8) is 0 Å². The molecule has 15 heteroatoms. The van der Waals surface area contributed by atoms with Crippen molar-refractivity contribution >= 4 is 45.0 Å². The number of anilines is 1. The zero-order chi connectivity index (χ0) is 39.4. The summed E-state index contributed by atoms with van der Waals surface area (Å²) in [4.78, 5) is 44.1. The number of sulfonamides is 1. The van der Waals surface area contributed by atoms with Gasteiger partial charge in [-0.05, 0) is 91.3 Å². The summed E-state index contributed by atoms with van der Waals surface area (Å²) in [5.74, 6) is -1.83. The number of fused-ring (bicyclic) bond motifs is 1. The van der Waals surface area contributed by atoms with Gasteiger partial charge in [0.05, 0.1) is 10.3 Å². The summed E-state index contributed by atoms with van der Waals surface area (Å²) in [5.41, 5.74) is -1.94. The lowest BCUT2D eigenvalue weighted by Gasteiger charge is -2.41. The fourth-order valence-corrected chi connectivity index (χ4v) is 8.13. The number of hydrogen-bond acceptors (Lipinski definition) is 7. The number of halogens is 4. The molecule has 3 amide bonds. The molecule has 2 fully saturated rings. The predicted molar refractivity (Wildman–Crippen MR) is 198 cm³/mol. The normalized spacial score (nSPS) is 22.3. The second kappa shape index (κ2) is 13.9. The Labute approximate surface area is 317 Å². The highest BCUT2D eigenvalue weighted by Gasteiger charge is 2.62. The monoisotopic (exact) mass is 786 g/mol. The first-order chi connectivity index (χ1) is 25.2. The summed E-state index contributed by atoms with van der Waals surface area (Å²) in [7, 11) is -4.04. The fraction of sp³-hybridized carbons (Fsp3) is 0.410. The van der Waals surface area contributed by atoms with Gasteiger partial charge in [-0.25, -0.2) is 8.42 Å². The average Bonchev–Trinajstić information content (AvgIpc) is 4.02. The van der Waals surface area contributed by atoms with E-state index in [-0.39, 0.29) is 25.1 Å². The van der Waals surface area contributed by atoms with E-state index in [0.717, 1.165) is 12.1 Å². The fourth-order valence-electron chi connectivity index (χ4n) is 6.64. The topological polar surface area (TPSA) is 134 Å². The first-order valence-corrected chi connectivity index (χ1v) is 19.3. The van der Waals surface area contributed by atoms with E-state index in [1.54, 1.807) is 63.2 Å². The number of amides is 3. The third-order valence-corrected chi connectivity index (χ3v) is 12.8. The van der Waals surface area contributed by atoms with Crippen molar-refractivity contribution in [1.29, 1.82) is 0 Å². The Morgan fingerprint density at radius 2 is 1.69 bits per heavy atom. The van der Waals surface area contributed by atoms with Gasteiger partial charge in [-0.3, -0.25) is 19.1 Å². The van der Waals surface area contributed by atoms with E-state index >= 15 is 0 Å². The van der Waals surface area contributed by atoms with Crippen molar-refractivity contribution in [3.05, 3.63) is 101 Å². The minimum Gasteiger partial charge on any atom is -0.457 e. The Bertz CT molecular complexity index is 2120. The van der Waals surface area contributed by atoms with Gasteiger partial charge in [-0.2, -0.15) is 13.2 Å². The van der Waals surface area contributed by atoms with Gasteiger partial charge in [0.2, 0.25) is 21.8 Å². The molecule has 1 heterocycles. The standard InChI is InChI=1S/C39H42ClF3N4O6S/c1-6-25-21-38(25,35(50)46-54(51,52)37(5)15-16-37)45-33(48)31-18-24-17-30(53-29-12-8-10-27(40)20-29)14-13-23(24)22-47(31)34(49)32(36(2,3)4)44-28-11-7-9-26(19-28)39(41,42)43/h6-14,17,19-20,25,31-32,44H,1,15-16,18,21-22H2,2-5H3,(H,45,48)(H,46,50)/t25-,31?,32-,38-/m1/s1. The van der Waals surface area contributed by atoms with Gasteiger partial charge < -0.3 is 20.3 Å². The predicted octanol–water partition coefficient (Wildman–Crippen LogP) is 6.99. The van der Waals surface area contributed by atoms with Crippen LogP contribution in [0.15, 0.2) is 79.4 Å². The molecule has 288 valence electrons. The van der Waals surface area contributed by atoms with Crippen molar-refractivity contribution < 1.29 is 40.7 Å². The molecule has 1 aliphatic heterocycles. The minimum atomic E-state index is -4.61. The molecule has 0 spiro atoms. The number of rotatable bonds is 11. The summed E-state index contributed by atoms with van der Waals surface area (Å²) < 4.78 is 74.0. The zero-order valence-corrected chi connectivity index (χ0v) is 31.8. The number of nitrogens with one attached hydrogen (secondary N) is 3. The molecule has 3 aliphatic rings. The molecule has 6 rings (SSSR count). The average molecular weight is 787 g/mol. The first-order valence-electron chi connectivity index (χ1n) is 17.5. The van der Waals surface area contributed by atoms with E-state index in [9.17, 15) is 36.0 Å². The Hall–Kier alpha value is -4.56. The molecular weight excluding hydrogens is 745 g/mol. The molecule has 3 aromatic rings. The largest absolute Gasteiger partial charge is 0.457 e. The van der Waals surface area contributed by atoms with E-state index in [4.69, 9.17) is 16.3 Å². The molecule has 0 radical (unpaired) electrons. The Balaban J connectivity index is 1.34. The van der Waals surface area contributed by atoms with Gasteiger partial charge in [0.15, 0.2) is 0 Å². The smallest absolute Gasteiger partial charge is 0.416 e. The molecule has 3 N–H and O–H groups in total. The van der Waals surface area contributed by atoms with Crippen molar-refractivity contribution in [2.75, 3.05) is 5.32 Å². The van der Waals surface area contributed by atoms with Crippen LogP contribution in [0.25, 0.3) is 0 Å². The van der Waals surface area contributed by atoms with Crippen LogP contribution in [-0.2, 0) is 43.5 Å². The minimum absolute atomic E-state index is 0.0209. The van der Waals surface area contributed by atoms with Gasteiger partial charge in [-0.15, -0.1) is 6.58 Å². The molecule has 10 nitrogen and oxygen atoms in total. The highest BCUT2D eigenvalue weighted by Crippen LogP contribution is 2.47. The second-order valence-electron chi connectivity index (χ2n) is 15.6. The maximum Gasteiger partial charge on any atom is 0.416 e. The van der Waals surface area contributed by atoms with Crippen molar-refractivity contribution in [2.45, 2.75) is 88.5 Å². The summed E-state index contributed by atoms with van der Waals surface area (Å²) in [6, 6.07) is 14.2. The van der Waals surface area contributed by atoms with Crippen LogP contribution in [0, 0.1) is 11.3 Å². The van der Waals surface area contributed by atoms with Gasteiger partial charge in [0.1, 0.15) is 29.1 Å². The van der Waals surface area contributed by atoms with Crippen LogP contribution in [0.4, 0.5) is 18.9 Å². The van der Waals surface area contributed by atoms with Crippen LogP contribution in [0.3, 0.4) is 0 Å². The van der Waals surface area contributed by atoms with E-state index in [0.29, 0.717) is 40.5 Å². The molecule has 2 saturated carbocycles. The highest BCUT2D eigenvalue weighted by atomic mass is 35.5. The third-order valence-electron chi connectivity index (χ3n) is 10.4. The first kappa shape index (κ1) is 39.1. The van der Waals surface area contributed by atoms with E-state index in [2.05, 4.69) is 21.9 Å². The molecular formula is C39H42ClF3N4O6S. The number of carbonyl (C=O) groups excluding carboxylic acids is 3. The molecule has 2 aliphatic carbocycles. The quantitative estimate of drug-likeness (QED) is 0.179. The molecule has 3 aromatic carbocycles. The summed E-state index contributed by atoms with van der Waals surface area (Å²) in [6.07, 6.45) is -2.28. The van der Waals surface area contributed by atoms with Crippen LogP contribution < -0.4 is 20.1 Å². The number of ether oxygens (including phenoxy) is 1. The SMILES string of the molecule is C=C[C@@H]1C[C@]1(NC(=O)C1Cc2cc(Oc3cccc(Cl)c3)ccc2CN1C(=O)[C@@H](Nc1cccc(C(F)(F)F)c1)C(C)(C)C)C(=O)NS(=O)(=O)C1(C)CC1. The second-order valence-corrected chi connectivity index (χ2v) is 18.2. The van der Waals surface area contributed by atoms with Crippen LogP contribution >= 0.6 is 11.6 Å². The van der Waals surface area contributed by atoms with Crippen LogP contribution in [0.2, 0.25) is 5.02 Å². The Morgan fingerprint density at radius 3 is 2.30 bits per heavy atom. The lowest BCUT2D eigenvalue weighted by Crippen LogP contribution is -2.61. The number of hydrogen-bond donors (Lipinski definition) is 3. The Kier molecular flexibility index (Phi) is 10.1. The van der Waals surface area contributed by atoms with Gasteiger partial charge in [0, 0.05) is 29.6 Å². The number of benzene rings is 3. The molecule has 4 atom stereocenters. The third kappa shape index (κ3) is 7.95. The summed E-state index contributed by atoms with van der Waals surface area (Å²) in [5, 5.41) is 6.25. The van der Waals surface area contributed by atoms with Gasteiger partial charge in [0.25, 0.3) is 5.91 Å². The van der Waals surface area contributed by atoms with Crippen molar-refractivity contribution in [3.8, 4) is 11.5 Å². The lowest BCUT2D eigenvalue weighted by molar-refractivity contribution is -0.145. The highest BCUT2D eigenvalue weighted by molar-refractivity contribution is 7.91. The maximum absolute atomic E-state index is 14.7. The number of carbonyl (C=O) groups is 3. The van der Waals surface area contributed by atoms with E-state index in [1.807, 2.05) is 0 Å². The van der Waals surface area contributed by atoms with E-state index < -0.39 is 73.2 Å². The lowest BCUT2D eigenvalue weighted by atomic mass is 9.84. The van der Waals surface area contributed by atoms with Gasteiger partial charge >= 0.3 is 6.18 Å². The summed E-state index contributed by atoms with van der Waals surface area (Å²) >= 11 is 6.14. The van der Waals surface area contributed by atoms with Crippen molar-refractivity contribution in [2.24, 2.45) is 11.3 Å². The van der Waals surface area contributed by atoms with Gasteiger partial charge in [-0.1, -0.05) is 56.6 Å². The van der Waals surface area contributed by atoms with Crippen LogP contribution in [0.5, 0.6) is 11.5 Å². The Morgan fingerprint density at radius 1 is 1.00 bits per heavy atom. The zero-order valence-electron chi connectivity index (χ0n) is 30.2.